The van der Waals surface area contributed by atoms with Crippen molar-refractivity contribution in [1.82, 2.24) is 0 Å². The maximum Gasteiger partial charge on any atom is 0.224 e. The molecule has 0 atom stereocenters. The minimum Gasteiger partial charge on any atom is -0.385 e. The maximum atomic E-state index is 11.5. The first-order valence-electron chi connectivity index (χ1n) is 5.96. The average Bonchev–Trinajstić information content (AvgIpc) is 2.29. The number of hydrogen-bond acceptors (Lipinski definition) is 2. The molecule has 0 saturated heterocycles. The Balaban J connectivity index is 0.00000144. The lowest BCUT2D eigenvalue weighted by Crippen LogP contribution is -2.14. The summed E-state index contributed by atoms with van der Waals surface area (Å²) >= 11 is 0. The first-order valence-corrected chi connectivity index (χ1v) is 5.96. The van der Waals surface area contributed by atoms with Crippen LogP contribution in [0.2, 0.25) is 0 Å². The molecule has 1 aliphatic heterocycles. The van der Waals surface area contributed by atoms with Crippen molar-refractivity contribution < 1.29 is 4.79 Å². The molecule has 0 aromatic heterocycles. The van der Waals surface area contributed by atoms with Gasteiger partial charge in [0.05, 0.1) is 0 Å². The molecule has 2 rings (SSSR count). The van der Waals surface area contributed by atoms with Gasteiger partial charge in [-0.05, 0) is 43.0 Å². The number of carbonyl (C=O) groups excluding carboxylic acids is 1. The molecule has 17 heavy (non-hydrogen) atoms. The number of halogens is 1. The van der Waals surface area contributed by atoms with Crippen LogP contribution in [0, 0.1) is 0 Å². The van der Waals surface area contributed by atoms with Gasteiger partial charge in [0.1, 0.15) is 0 Å². The summed E-state index contributed by atoms with van der Waals surface area (Å²) in [6.07, 6.45) is 3.74. The van der Waals surface area contributed by atoms with Crippen molar-refractivity contribution >= 4 is 29.7 Å². The molecular formula is C13H19ClN2O. The number of hydrogen-bond donors (Lipinski definition) is 2. The van der Waals surface area contributed by atoms with E-state index in [2.05, 4.69) is 22.8 Å². The maximum absolute atomic E-state index is 11.5. The van der Waals surface area contributed by atoms with Crippen LogP contribution in [-0.2, 0) is 11.2 Å². The zero-order chi connectivity index (χ0) is 11.4. The minimum atomic E-state index is 0. The Kier molecular flexibility index (Phi) is 5.29. The summed E-state index contributed by atoms with van der Waals surface area (Å²) in [5.41, 5.74) is 3.43. The first kappa shape index (κ1) is 13.8. The average molecular weight is 255 g/mol. The van der Waals surface area contributed by atoms with Crippen LogP contribution < -0.4 is 10.6 Å². The van der Waals surface area contributed by atoms with Gasteiger partial charge < -0.3 is 10.6 Å². The standard InChI is InChI=1S/C13H18N2O.ClH/c1-2-4-13(16)15-11-6-7-12-10(9-11)5-3-8-14-12;/h6-7,9,14H,2-5,8H2,1H3,(H,15,16);1H. The van der Waals surface area contributed by atoms with Crippen molar-refractivity contribution in [3.63, 3.8) is 0 Å². The van der Waals surface area contributed by atoms with Crippen LogP contribution in [0.4, 0.5) is 11.4 Å². The fourth-order valence-corrected chi connectivity index (χ4v) is 2.00. The number of rotatable bonds is 3. The van der Waals surface area contributed by atoms with Crippen LogP contribution in [-0.4, -0.2) is 12.5 Å². The van der Waals surface area contributed by atoms with Gasteiger partial charge in [-0.3, -0.25) is 4.79 Å². The van der Waals surface area contributed by atoms with E-state index in [9.17, 15) is 4.79 Å². The van der Waals surface area contributed by atoms with E-state index < -0.39 is 0 Å². The normalized spacial score (nSPS) is 13.0. The zero-order valence-corrected chi connectivity index (χ0v) is 10.9. The highest BCUT2D eigenvalue weighted by Crippen LogP contribution is 2.25. The topological polar surface area (TPSA) is 41.1 Å². The summed E-state index contributed by atoms with van der Waals surface area (Å²) in [5, 5.41) is 6.28. The van der Waals surface area contributed by atoms with E-state index in [-0.39, 0.29) is 18.3 Å². The summed E-state index contributed by atoms with van der Waals surface area (Å²) in [5.74, 6) is 0.103. The molecule has 0 unspecified atom stereocenters. The summed E-state index contributed by atoms with van der Waals surface area (Å²) in [6, 6.07) is 6.09. The van der Waals surface area contributed by atoms with Crippen molar-refractivity contribution in [3.8, 4) is 0 Å². The predicted octanol–water partition coefficient (Wildman–Crippen LogP) is 3.21. The molecule has 0 fully saturated rings. The second-order valence-corrected chi connectivity index (χ2v) is 4.20. The quantitative estimate of drug-likeness (QED) is 0.870. The third-order valence-corrected chi connectivity index (χ3v) is 2.80. The summed E-state index contributed by atoms with van der Waals surface area (Å²) in [6.45, 7) is 3.06. The largest absolute Gasteiger partial charge is 0.385 e. The molecule has 94 valence electrons. The van der Waals surface area contributed by atoms with Crippen LogP contribution in [0.1, 0.15) is 31.7 Å². The number of anilines is 2. The van der Waals surface area contributed by atoms with E-state index in [4.69, 9.17) is 0 Å². The number of fused-ring (bicyclic) bond motifs is 1. The Morgan fingerprint density at radius 3 is 3.06 bits per heavy atom. The van der Waals surface area contributed by atoms with Gasteiger partial charge in [0.15, 0.2) is 0 Å². The van der Waals surface area contributed by atoms with Crippen LogP contribution in [0.5, 0.6) is 0 Å². The molecule has 1 aromatic carbocycles. The third-order valence-electron chi connectivity index (χ3n) is 2.80. The highest BCUT2D eigenvalue weighted by atomic mass is 35.5. The third kappa shape index (κ3) is 3.63. The number of nitrogens with one attached hydrogen (secondary N) is 2. The Hall–Kier alpha value is -1.22. The summed E-state index contributed by atoms with van der Waals surface area (Å²) < 4.78 is 0. The predicted molar refractivity (Wildman–Crippen MR) is 74.0 cm³/mol. The van der Waals surface area contributed by atoms with Gasteiger partial charge in [0.2, 0.25) is 5.91 Å². The van der Waals surface area contributed by atoms with Crippen LogP contribution in [0.15, 0.2) is 18.2 Å². The Labute approximate surface area is 108 Å². The summed E-state index contributed by atoms with van der Waals surface area (Å²) in [4.78, 5) is 11.5. The van der Waals surface area contributed by atoms with Crippen molar-refractivity contribution in [2.24, 2.45) is 0 Å². The molecule has 0 radical (unpaired) electrons. The molecule has 1 aromatic rings. The van der Waals surface area contributed by atoms with Gasteiger partial charge in [-0.15, -0.1) is 12.4 Å². The Morgan fingerprint density at radius 1 is 1.47 bits per heavy atom. The van der Waals surface area contributed by atoms with Gasteiger partial charge in [-0.25, -0.2) is 0 Å². The molecule has 4 heteroatoms. The van der Waals surface area contributed by atoms with Crippen LogP contribution in [0.3, 0.4) is 0 Å². The molecule has 0 aliphatic carbocycles. The van der Waals surface area contributed by atoms with E-state index >= 15 is 0 Å². The van der Waals surface area contributed by atoms with Gasteiger partial charge in [-0.1, -0.05) is 6.92 Å². The Morgan fingerprint density at radius 2 is 2.29 bits per heavy atom. The molecule has 0 bridgehead atoms. The molecule has 0 spiro atoms. The highest BCUT2D eigenvalue weighted by Gasteiger charge is 2.09. The smallest absolute Gasteiger partial charge is 0.224 e. The van der Waals surface area contributed by atoms with E-state index in [1.165, 1.54) is 17.7 Å². The van der Waals surface area contributed by atoms with Crippen molar-refractivity contribution in [3.05, 3.63) is 23.8 Å². The molecule has 1 aliphatic rings. The SMILES string of the molecule is CCCC(=O)Nc1ccc2c(c1)CCCN2.Cl. The lowest BCUT2D eigenvalue weighted by Gasteiger charge is -2.18. The van der Waals surface area contributed by atoms with Crippen molar-refractivity contribution in [2.45, 2.75) is 32.6 Å². The van der Waals surface area contributed by atoms with E-state index in [0.717, 1.165) is 25.1 Å². The number of benzene rings is 1. The molecule has 1 heterocycles. The molecule has 3 nitrogen and oxygen atoms in total. The monoisotopic (exact) mass is 254 g/mol. The molecular weight excluding hydrogens is 236 g/mol. The second-order valence-electron chi connectivity index (χ2n) is 4.20. The van der Waals surface area contributed by atoms with Gasteiger partial charge in [0.25, 0.3) is 0 Å². The van der Waals surface area contributed by atoms with Crippen molar-refractivity contribution in [1.29, 1.82) is 0 Å². The van der Waals surface area contributed by atoms with E-state index in [1.54, 1.807) is 0 Å². The van der Waals surface area contributed by atoms with Gasteiger partial charge in [0, 0.05) is 24.3 Å². The fourth-order valence-electron chi connectivity index (χ4n) is 2.00. The van der Waals surface area contributed by atoms with Crippen LogP contribution >= 0.6 is 12.4 Å². The second kappa shape index (κ2) is 6.50. The van der Waals surface area contributed by atoms with Crippen molar-refractivity contribution in [2.75, 3.05) is 17.2 Å². The fraction of sp³-hybridized carbons (Fsp3) is 0.462. The molecule has 1 amide bonds. The molecule has 2 N–H and O–H groups in total. The van der Waals surface area contributed by atoms with Gasteiger partial charge >= 0.3 is 0 Å². The molecule has 0 saturated carbocycles. The van der Waals surface area contributed by atoms with E-state index in [0.29, 0.717) is 6.42 Å². The summed E-state index contributed by atoms with van der Waals surface area (Å²) in [7, 11) is 0. The Bertz CT molecular complexity index is 393. The lowest BCUT2D eigenvalue weighted by atomic mass is 10.0. The van der Waals surface area contributed by atoms with Crippen LogP contribution in [0.25, 0.3) is 0 Å². The number of amides is 1. The zero-order valence-electron chi connectivity index (χ0n) is 10.1. The highest BCUT2D eigenvalue weighted by molar-refractivity contribution is 5.91. The van der Waals surface area contributed by atoms with Gasteiger partial charge in [-0.2, -0.15) is 0 Å². The number of aryl methyl sites for hydroxylation is 1. The minimum absolute atomic E-state index is 0. The number of carbonyl (C=O) groups is 1. The lowest BCUT2D eigenvalue weighted by molar-refractivity contribution is -0.116. The van der Waals surface area contributed by atoms with E-state index in [1.807, 2.05) is 13.0 Å². The first-order chi connectivity index (χ1) is 7.79.